The van der Waals surface area contributed by atoms with Crippen LogP contribution >= 0.6 is 11.8 Å². The van der Waals surface area contributed by atoms with Crippen molar-refractivity contribution in [1.29, 1.82) is 0 Å². The fraction of sp³-hybridized carbons (Fsp3) is 0.588. The largest absolute Gasteiger partial charge is 0.387 e. The molecule has 4 nitrogen and oxygen atoms in total. The summed E-state index contributed by atoms with van der Waals surface area (Å²) in [6, 6.07) is 8.71. The standard InChI is InChI=1S/C17H22N2O2S/c20-16(18-9-17(21)7-8-22-10-17)19-15-13-6-5-11-3-1-2-4-12(11)14(13)15/h1-4,13-15,21H,5-10H2,(H2,18,19,20). The lowest BCUT2D eigenvalue weighted by atomic mass is 9.92. The molecule has 3 aliphatic rings. The first-order chi connectivity index (χ1) is 10.7. The highest BCUT2D eigenvalue weighted by Crippen LogP contribution is 2.54. The van der Waals surface area contributed by atoms with Gasteiger partial charge in [-0.2, -0.15) is 11.8 Å². The van der Waals surface area contributed by atoms with E-state index < -0.39 is 5.60 Å². The van der Waals surface area contributed by atoms with Gasteiger partial charge in [0.15, 0.2) is 0 Å². The summed E-state index contributed by atoms with van der Waals surface area (Å²) < 4.78 is 0. The van der Waals surface area contributed by atoms with Gasteiger partial charge in [0.05, 0.1) is 5.60 Å². The summed E-state index contributed by atoms with van der Waals surface area (Å²) in [7, 11) is 0. The maximum absolute atomic E-state index is 12.1. The summed E-state index contributed by atoms with van der Waals surface area (Å²) in [6.07, 6.45) is 3.04. The number of nitrogens with one attached hydrogen (secondary N) is 2. The zero-order chi connectivity index (χ0) is 15.2. The Morgan fingerprint density at radius 1 is 1.41 bits per heavy atom. The third-order valence-electron chi connectivity index (χ3n) is 5.29. The fourth-order valence-electron chi connectivity index (χ4n) is 3.95. The number of thioether (sulfide) groups is 1. The van der Waals surface area contributed by atoms with E-state index in [9.17, 15) is 9.90 Å². The molecule has 1 aromatic carbocycles. The van der Waals surface area contributed by atoms with Crippen LogP contribution in [0.2, 0.25) is 0 Å². The minimum Gasteiger partial charge on any atom is -0.387 e. The number of carbonyl (C=O) groups excluding carboxylic acids is 1. The molecule has 1 aliphatic heterocycles. The zero-order valence-corrected chi connectivity index (χ0v) is 13.4. The summed E-state index contributed by atoms with van der Waals surface area (Å²) in [5.74, 6) is 2.77. The van der Waals surface area contributed by atoms with Crippen LogP contribution in [0.3, 0.4) is 0 Å². The zero-order valence-electron chi connectivity index (χ0n) is 12.5. The lowest BCUT2D eigenvalue weighted by Gasteiger charge is -2.21. The van der Waals surface area contributed by atoms with Gasteiger partial charge in [-0.25, -0.2) is 4.79 Å². The molecule has 3 N–H and O–H groups in total. The minimum absolute atomic E-state index is 0.137. The van der Waals surface area contributed by atoms with Crippen LogP contribution in [0.5, 0.6) is 0 Å². The second-order valence-corrected chi connectivity index (χ2v) is 7.91. The average molecular weight is 318 g/mol. The van der Waals surface area contributed by atoms with Crippen molar-refractivity contribution in [3.8, 4) is 0 Å². The number of amides is 2. The van der Waals surface area contributed by atoms with Gasteiger partial charge in [-0.1, -0.05) is 24.3 Å². The molecule has 1 heterocycles. The van der Waals surface area contributed by atoms with Crippen LogP contribution in [0.15, 0.2) is 24.3 Å². The SMILES string of the molecule is O=C(NCC1(O)CCSC1)NC1C2CCc3ccccc3C21. The Balaban J connectivity index is 1.33. The number of benzene rings is 1. The smallest absolute Gasteiger partial charge is 0.315 e. The first-order valence-electron chi connectivity index (χ1n) is 8.09. The van der Waals surface area contributed by atoms with Gasteiger partial charge in [0.25, 0.3) is 0 Å². The van der Waals surface area contributed by atoms with Gasteiger partial charge in [0, 0.05) is 24.3 Å². The molecule has 1 saturated carbocycles. The molecule has 4 rings (SSSR count). The highest BCUT2D eigenvalue weighted by molar-refractivity contribution is 7.99. The van der Waals surface area contributed by atoms with Crippen molar-refractivity contribution in [2.24, 2.45) is 5.92 Å². The van der Waals surface area contributed by atoms with Crippen molar-refractivity contribution in [2.75, 3.05) is 18.1 Å². The monoisotopic (exact) mass is 318 g/mol. The first kappa shape index (κ1) is 14.4. The summed E-state index contributed by atoms with van der Waals surface area (Å²) >= 11 is 1.75. The van der Waals surface area contributed by atoms with E-state index in [-0.39, 0.29) is 12.1 Å². The van der Waals surface area contributed by atoms with Gasteiger partial charge in [-0.15, -0.1) is 0 Å². The maximum atomic E-state index is 12.1. The van der Waals surface area contributed by atoms with Crippen LogP contribution in [-0.4, -0.2) is 40.8 Å². The number of urea groups is 1. The summed E-state index contributed by atoms with van der Waals surface area (Å²) in [6.45, 7) is 0.352. The molecule has 2 aliphatic carbocycles. The lowest BCUT2D eigenvalue weighted by Crippen LogP contribution is -2.47. The number of aliphatic hydroxyl groups is 1. The molecule has 1 aromatic rings. The second kappa shape index (κ2) is 5.46. The van der Waals surface area contributed by atoms with E-state index in [1.807, 2.05) is 0 Å². The topological polar surface area (TPSA) is 61.4 Å². The third kappa shape index (κ3) is 2.61. The van der Waals surface area contributed by atoms with E-state index in [4.69, 9.17) is 0 Å². The quantitative estimate of drug-likeness (QED) is 0.797. The van der Waals surface area contributed by atoms with Crippen LogP contribution in [0, 0.1) is 5.92 Å². The molecular formula is C17H22N2O2S. The molecular weight excluding hydrogens is 296 g/mol. The molecule has 118 valence electrons. The maximum Gasteiger partial charge on any atom is 0.315 e. The molecule has 0 radical (unpaired) electrons. The summed E-state index contributed by atoms with van der Waals surface area (Å²) in [5, 5.41) is 16.2. The van der Waals surface area contributed by atoms with Gasteiger partial charge >= 0.3 is 6.03 Å². The molecule has 4 atom stereocenters. The van der Waals surface area contributed by atoms with E-state index in [1.165, 1.54) is 11.1 Å². The number of rotatable bonds is 3. The summed E-state index contributed by atoms with van der Waals surface area (Å²) in [5.41, 5.74) is 2.13. The Morgan fingerprint density at radius 3 is 3.09 bits per heavy atom. The van der Waals surface area contributed by atoms with Crippen LogP contribution in [0.1, 0.15) is 29.9 Å². The van der Waals surface area contributed by atoms with Gasteiger partial charge in [0.2, 0.25) is 0 Å². The lowest BCUT2D eigenvalue weighted by molar-refractivity contribution is 0.0699. The van der Waals surface area contributed by atoms with Crippen molar-refractivity contribution in [1.82, 2.24) is 10.6 Å². The van der Waals surface area contributed by atoms with Crippen molar-refractivity contribution in [3.63, 3.8) is 0 Å². The van der Waals surface area contributed by atoms with Crippen molar-refractivity contribution >= 4 is 17.8 Å². The Hall–Kier alpha value is -1.20. The number of fused-ring (bicyclic) bond motifs is 3. The first-order valence-corrected chi connectivity index (χ1v) is 9.24. The number of aryl methyl sites for hydroxylation is 1. The predicted octanol–water partition coefficient (Wildman–Crippen LogP) is 1.88. The molecule has 0 aromatic heterocycles. The molecule has 2 fully saturated rings. The number of carbonyl (C=O) groups is 1. The van der Waals surface area contributed by atoms with Crippen LogP contribution in [-0.2, 0) is 6.42 Å². The number of hydrogen-bond donors (Lipinski definition) is 3. The third-order valence-corrected chi connectivity index (χ3v) is 6.52. The van der Waals surface area contributed by atoms with E-state index >= 15 is 0 Å². The van der Waals surface area contributed by atoms with Gasteiger partial charge in [-0.05, 0) is 42.1 Å². The van der Waals surface area contributed by atoms with Crippen molar-refractivity contribution in [2.45, 2.75) is 36.8 Å². The average Bonchev–Trinajstić information content (AvgIpc) is 3.05. The Kier molecular flexibility index (Phi) is 3.57. The van der Waals surface area contributed by atoms with E-state index in [1.54, 1.807) is 11.8 Å². The van der Waals surface area contributed by atoms with Gasteiger partial charge in [0.1, 0.15) is 0 Å². The predicted molar refractivity (Wildman–Crippen MR) is 88.2 cm³/mol. The van der Waals surface area contributed by atoms with E-state index in [0.717, 1.165) is 30.8 Å². The van der Waals surface area contributed by atoms with Gasteiger partial charge in [-0.3, -0.25) is 0 Å². The molecule has 0 spiro atoms. The van der Waals surface area contributed by atoms with Crippen molar-refractivity contribution in [3.05, 3.63) is 35.4 Å². The normalized spacial score (nSPS) is 35.4. The second-order valence-electron chi connectivity index (χ2n) is 6.81. The molecule has 1 saturated heterocycles. The van der Waals surface area contributed by atoms with Crippen LogP contribution in [0.4, 0.5) is 4.79 Å². The Bertz CT molecular complexity index is 586. The number of hydrogen-bond acceptors (Lipinski definition) is 3. The Labute approximate surface area is 135 Å². The van der Waals surface area contributed by atoms with Crippen LogP contribution < -0.4 is 10.6 Å². The van der Waals surface area contributed by atoms with Crippen molar-refractivity contribution < 1.29 is 9.90 Å². The Morgan fingerprint density at radius 2 is 2.27 bits per heavy atom. The fourth-order valence-corrected chi connectivity index (χ4v) is 5.24. The van der Waals surface area contributed by atoms with Gasteiger partial charge < -0.3 is 15.7 Å². The molecule has 2 amide bonds. The van der Waals surface area contributed by atoms with E-state index in [0.29, 0.717) is 18.4 Å². The highest BCUT2D eigenvalue weighted by atomic mass is 32.2. The minimum atomic E-state index is -0.717. The van der Waals surface area contributed by atoms with E-state index in [2.05, 4.69) is 34.9 Å². The summed E-state index contributed by atoms with van der Waals surface area (Å²) in [4.78, 5) is 12.1. The molecule has 22 heavy (non-hydrogen) atoms. The van der Waals surface area contributed by atoms with Crippen LogP contribution in [0.25, 0.3) is 0 Å². The molecule has 0 bridgehead atoms. The molecule has 5 heteroatoms. The molecule has 4 unspecified atom stereocenters. The highest BCUT2D eigenvalue weighted by Gasteiger charge is 2.53.